The molecular formula is C13H13BrF2N2O3. The molecule has 1 aromatic carbocycles. The quantitative estimate of drug-likeness (QED) is 0.785. The summed E-state index contributed by atoms with van der Waals surface area (Å²) in [6.07, 6.45) is -2.66. The number of imidazole rings is 1. The largest absolute Gasteiger partial charge is 0.462 e. The summed E-state index contributed by atoms with van der Waals surface area (Å²) in [4.78, 5) is 23.8. The van der Waals surface area contributed by atoms with Gasteiger partial charge in [-0.05, 0) is 35.0 Å². The first kappa shape index (κ1) is 15.7. The fraction of sp³-hybridized carbons (Fsp3) is 0.385. The van der Waals surface area contributed by atoms with E-state index < -0.39 is 24.6 Å². The van der Waals surface area contributed by atoms with E-state index in [4.69, 9.17) is 4.74 Å². The Morgan fingerprint density at radius 1 is 1.38 bits per heavy atom. The van der Waals surface area contributed by atoms with Crippen LogP contribution in [-0.2, 0) is 18.3 Å². The Labute approximate surface area is 127 Å². The van der Waals surface area contributed by atoms with Crippen molar-refractivity contribution in [1.29, 1.82) is 0 Å². The van der Waals surface area contributed by atoms with Crippen molar-refractivity contribution in [3.05, 3.63) is 32.7 Å². The van der Waals surface area contributed by atoms with Crippen molar-refractivity contribution in [2.75, 3.05) is 6.61 Å². The molecule has 1 heterocycles. The van der Waals surface area contributed by atoms with E-state index >= 15 is 0 Å². The summed E-state index contributed by atoms with van der Waals surface area (Å²) in [6, 6.07) is 2.94. The molecule has 0 fully saturated rings. The van der Waals surface area contributed by atoms with Crippen molar-refractivity contribution in [3.8, 4) is 0 Å². The number of alkyl halides is 2. The maximum Gasteiger partial charge on any atom is 0.339 e. The number of benzene rings is 1. The second kappa shape index (κ2) is 5.97. The Balaban J connectivity index is 2.69. The molecule has 2 rings (SSSR count). The summed E-state index contributed by atoms with van der Waals surface area (Å²) in [5.41, 5.74) is 0.366. The summed E-state index contributed by atoms with van der Waals surface area (Å²) in [6.45, 7) is 1.14. The number of aryl methyl sites for hydroxylation is 1. The Morgan fingerprint density at radius 2 is 2.05 bits per heavy atom. The predicted octanol–water partition coefficient (Wildman–Crippen LogP) is 2.54. The second-order valence-electron chi connectivity index (χ2n) is 4.38. The number of esters is 1. The lowest BCUT2D eigenvalue weighted by Crippen LogP contribution is -2.24. The number of nitrogens with zero attached hydrogens (tertiary/aromatic N) is 2. The van der Waals surface area contributed by atoms with E-state index in [0.717, 1.165) is 4.57 Å². The van der Waals surface area contributed by atoms with Crippen LogP contribution in [0, 0.1) is 0 Å². The van der Waals surface area contributed by atoms with Gasteiger partial charge in [0.2, 0.25) is 0 Å². The van der Waals surface area contributed by atoms with Crippen LogP contribution in [0.15, 0.2) is 21.4 Å². The third-order valence-corrected chi connectivity index (χ3v) is 3.71. The van der Waals surface area contributed by atoms with Crippen LogP contribution in [0.4, 0.5) is 8.78 Å². The highest BCUT2D eigenvalue weighted by Crippen LogP contribution is 2.25. The highest BCUT2D eigenvalue weighted by atomic mass is 79.9. The molecule has 114 valence electrons. The minimum absolute atomic E-state index is 0.193. The number of carbonyl (C=O) groups excluding carboxylic acids is 1. The zero-order valence-electron chi connectivity index (χ0n) is 11.4. The van der Waals surface area contributed by atoms with Gasteiger partial charge in [0.15, 0.2) is 0 Å². The second-order valence-corrected chi connectivity index (χ2v) is 5.24. The zero-order valence-corrected chi connectivity index (χ0v) is 13.0. The summed E-state index contributed by atoms with van der Waals surface area (Å²) in [7, 11) is 1.49. The van der Waals surface area contributed by atoms with Crippen LogP contribution in [0.1, 0.15) is 17.3 Å². The minimum atomic E-state index is -2.66. The molecule has 0 aliphatic carbocycles. The van der Waals surface area contributed by atoms with Gasteiger partial charge in [-0.25, -0.2) is 18.4 Å². The van der Waals surface area contributed by atoms with Crippen molar-refractivity contribution in [1.82, 2.24) is 9.13 Å². The summed E-state index contributed by atoms with van der Waals surface area (Å²) >= 11 is 3.23. The topological polar surface area (TPSA) is 53.2 Å². The number of ether oxygens (including phenoxy) is 1. The van der Waals surface area contributed by atoms with Crippen molar-refractivity contribution < 1.29 is 18.3 Å². The molecule has 0 amide bonds. The van der Waals surface area contributed by atoms with Crippen molar-refractivity contribution in [2.45, 2.75) is 19.9 Å². The van der Waals surface area contributed by atoms with Crippen LogP contribution in [0.25, 0.3) is 11.0 Å². The van der Waals surface area contributed by atoms with Gasteiger partial charge in [0.1, 0.15) is 0 Å². The van der Waals surface area contributed by atoms with Gasteiger partial charge in [0.05, 0.1) is 29.7 Å². The molecule has 0 bridgehead atoms. The molecule has 0 N–H and O–H groups in total. The SMILES string of the molecule is CCOC(=O)c1cc2c(cc1Br)n(C)c(=O)n2CC(F)F. The third kappa shape index (κ3) is 2.85. The Hall–Kier alpha value is -1.70. The molecule has 8 heteroatoms. The van der Waals surface area contributed by atoms with Gasteiger partial charge in [-0.3, -0.25) is 9.13 Å². The average Bonchev–Trinajstić information content (AvgIpc) is 2.63. The summed E-state index contributed by atoms with van der Waals surface area (Å²) < 4.78 is 32.8. The number of fused-ring (bicyclic) bond motifs is 1. The first-order valence-corrected chi connectivity index (χ1v) is 7.00. The van der Waals surface area contributed by atoms with Gasteiger partial charge in [-0.15, -0.1) is 0 Å². The first-order valence-electron chi connectivity index (χ1n) is 6.20. The molecule has 0 aliphatic rings. The smallest absolute Gasteiger partial charge is 0.339 e. The van der Waals surface area contributed by atoms with Gasteiger partial charge >= 0.3 is 11.7 Å². The van der Waals surface area contributed by atoms with Crippen LogP contribution in [-0.4, -0.2) is 28.1 Å². The fourth-order valence-corrected chi connectivity index (χ4v) is 2.60. The van der Waals surface area contributed by atoms with E-state index in [2.05, 4.69) is 15.9 Å². The van der Waals surface area contributed by atoms with E-state index in [9.17, 15) is 18.4 Å². The normalized spacial score (nSPS) is 11.3. The minimum Gasteiger partial charge on any atom is -0.462 e. The molecular weight excluding hydrogens is 350 g/mol. The van der Waals surface area contributed by atoms with E-state index in [0.29, 0.717) is 9.99 Å². The monoisotopic (exact) mass is 362 g/mol. The highest BCUT2D eigenvalue weighted by molar-refractivity contribution is 9.10. The molecule has 0 aliphatic heterocycles. The first-order chi connectivity index (χ1) is 9.86. The summed E-state index contributed by atoms with van der Waals surface area (Å²) in [5, 5.41) is 0. The van der Waals surface area contributed by atoms with Crippen molar-refractivity contribution >= 4 is 32.9 Å². The molecule has 1 aromatic heterocycles. The van der Waals surface area contributed by atoms with E-state index in [1.807, 2.05) is 0 Å². The number of hydrogen-bond donors (Lipinski definition) is 0. The lowest BCUT2D eigenvalue weighted by Gasteiger charge is -2.07. The molecule has 2 aromatic rings. The van der Waals surface area contributed by atoms with Crippen LogP contribution >= 0.6 is 15.9 Å². The average molecular weight is 363 g/mol. The predicted molar refractivity (Wildman–Crippen MR) is 76.8 cm³/mol. The van der Waals surface area contributed by atoms with Gasteiger partial charge in [0.25, 0.3) is 6.43 Å². The van der Waals surface area contributed by atoms with Crippen LogP contribution < -0.4 is 5.69 Å². The lowest BCUT2D eigenvalue weighted by atomic mass is 10.2. The molecule has 0 unspecified atom stereocenters. The van der Waals surface area contributed by atoms with Crippen molar-refractivity contribution in [3.63, 3.8) is 0 Å². The third-order valence-electron chi connectivity index (χ3n) is 3.05. The highest BCUT2D eigenvalue weighted by Gasteiger charge is 2.19. The number of carbonyl (C=O) groups is 1. The fourth-order valence-electron chi connectivity index (χ4n) is 2.10. The molecule has 0 saturated carbocycles. The van der Waals surface area contributed by atoms with E-state index in [1.165, 1.54) is 17.7 Å². The van der Waals surface area contributed by atoms with E-state index in [1.54, 1.807) is 13.0 Å². The molecule has 0 atom stereocenters. The Bertz CT molecular complexity index is 752. The number of aromatic nitrogens is 2. The summed E-state index contributed by atoms with van der Waals surface area (Å²) in [5.74, 6) is -0.578. The van der Waals surface area contributed by atoms with Crippen molar-refractivity contribution in [2.24, 2.45) is 7.05 Å². The number of halogens is 3. The molecule has 0 saturated heterocycles. The van der Waals surface area contributed by atoms with Gasteiger partial charge in [-0.1, -0.05) is 0 Å². The zero-order chi connectivity index (χ0) is 15.7. The number of rotatable bonds is 4. The molecule has 0 spiro atoms. The maximum absolute atomic E-state index is 12.6. The van der Waals surface area contributed by atoms with Crippen LogP contribution in [0.5, 0.6) is 0 Å². The maximum atomic E-state index is 12.6. The Kier molecular flexibility index (Phi) is 4.46. The van der Waals surface area contributed by atoms with Crippen LogP contribution in [0.3, 0.4) is 0 Å². The molecule has 5 nitrogen and oxygen atoms in total. The van der Waals surface area contributed by atoms with Gasteiger partial charge in [-0.2, -0.15) is 0 Å². The van der Waals surface area contributed by atoms with Crippen LogP contribution in [0.2, 0.25) is 0 Å². The van der Waals surface area contributed by atoms with Gasteiger partial charge in [0, 0.05) is 11.5 Å². The number of hydrogen-bond acceptors (Lipinski definition) is 3. The molecule has 0 radical (unpaired) electrons. The van der Waals surface area contributed by atoms with E-state index in [-0.39, 0.29) is 17.7 Å². The lowest BCUT2D eigenvalue weighted by molar-refractivity contribution is 0.0525. The Morgan fingerprint density at radius 3 is 2.62 bits per heavy atom. The van der Waals surface area contributed by atoms with Gasteiger partial charge < -0.3 is 4.74 Å². The standard InChI is InChI=1S/C13H13BrF2N2O3/c1-3-21-12(19)7-4-10-9(5-8(7)14)17(2)13(20)18(10)6-11(15)16/h4-5,11H,3,6H2,1-2H3. The molecule has 21 heavy (non-hydrogen) atoms.